The van der Waals surface area contributed by atoms with Gasteiger partial charge in [0, 0.05) is 16.7 Å². The van der Waals surface area contributed by atoms with Crippen molar-refractivity contribution in [1.29, 1.82) is 0 Å². The molecule has 0 aliphatic heterocycles. The van der Waals surface area contributed by atoms with Crippen molar-refractivity contribution in [2.75, 3.05) is 0 Å². The van der Waals surface area contributed by atoms with Crippen LogP contribution < -0.4 is 4.74 Å². The van der Waals surface area contributed by atoms with Crippen molar-refractivity contribution in [2.45, 2.75) is 13.0 Å². The monoisotopic (exact) mass is 334 g/mol. The van der Waals surface area contributed by atoms with E-state index in [2.05, 4.69) is 10.2 Å². The Bertz CT molecular complexity index is 775. The zero-order valence-corrected chi connectivity index (χ0v) is 13.2. The smallest absolute Gasteiger partial charge is 0.257 e. The first-order valence-electron chi connectivity index (χ1n) is 6.64. The molecule has 1 aromatic heterocycles. The van der Waals surface area contributed by atoms with Gasteiger partial charge in [-0.2, -0.15) is 0 Å². The summed E-state index contributed by atoms with van der Waals surface area (Å²) in [6.07, 6.45) is -0.444. The Balaban J connectivity index is 1.80. The summed E-state index contributed by atoms with van der Waals surface area (Å²) in [6, 6.07) is 14.6. The molecule has 0 radical (unpaired) electrons. The maximum Gasteiger partial charge on any atom is 0.257 e. The third-order valence-electron chi connectivity index (χ3n) is 3.01. The zero-order chi connectivity index (χ0) is 15.5. The summed E-state index contributed by atoms with van der Waals surface area (Å²) in [5.74, 6) is 1.29. The zero-order valence-electron chi connectivity index (χ0n) is 11.7. The van der Waals surface area contributed by atoms with Crippen molar-refractivity contribution in [3.8, 4) is 17.2 Å². The van der Waals surface area contributed by atoms with Gasteiger partial charge in [0.25, 0.3) is 5.89 Å². The largest absolute Gasteiger partial charge is 0.479 e. The lowest BCUT2D eigenvalue weighted by Gasteiger charge is -2.12. The van der Waals surface area contributed by atoms with Crippen LogP contribution in [0.3, 0.4) is 0 Å². The molecule has 0 amide bonds. The number of ether oxygens (including phenoxy) is 1. The predicted molar refractivity (Wildman–Crippen MR) is 85.2 cm³/mol. The van der Waals surface area contributed by atoms with Crippen molar-refractivity contribution in [3.63, 3.8) is 0 Å². The van der Waals surface area contributed by atoms with Gasteiger partial charge in [-0.25, -0.2) is 0 Å². The molecule has 2 aromatic carbocycles. The van der Waals surface area contributed by atoms with Gasteiger partial charge in [0.05, 0.1) is 5.02 Å². The number of benzene rings is 2. The van der Waals surface area contributed by atoms with Crippen LogP contribution in [0, 0.1) is 0 Å². The molecule has 1 atom stereocenters. The molecule has 22 heavy (non-hydrogen) atoms. The fourth-order valence-electron chi connectivity index (χ4n) is 1.90. The van der Waals surface area contributed by atoms with E-state index in [-0.39, 0.29) is 0 Å². The maximum absolute atomic E-state index is 6.08. The molecule has 3 rings (SSSR count). The molecule has 0 saturated heterocycles. The Labute approximate surface area is 137 Å². The summed E-state index contributed by atoms with van der Waals surface area (Å²) in [5, 5.41) is 9.07. The van der Waals surface area contributed by atoms with Crippen LogP contribution in [0.1, 0.15) is 18.9 Å². The molecule has 0 spiro atoms. The molecule has 1 heterocycles. The summed E-state index contributed by atoms with van der Waals surface area (Å²) in [7, 11) is 0. The Morgan fingerprint density at radius 2 is 1.82 bits per heavy atom. The lowest BCUT2D eigenvalue weighted by atomic mass is 10.2. The fraction of sp³-hybridized carbons (Fsp3) is 0.125. The van der Waals surface area contributed by atoms with E-state index in [0.717, 1.165) is 5.56 Å². The van der Waals surface area contributed by atoms with Crippen molar-refractivity contribution in [3.05, 3.63) is 64.5 Å². The molecule has 4 nitrogen and oxygen atoms in total. The van der Waals surface area contributed by atoms with E-state index in [4.69, 9.17) is 32.4 Å². The summed E-state index contributed by atoms with van der Waals surface area (Å²) >= 11 is 12.0. The first kappa shape index (κ1) is 14.9. The van der Waals surface area contributed by atoms with E-state index in [0.29, 0.717) is 27.6 Å². The van der Waals surface area contributed by atoms with Gasteiger partial charge in [-0.1, -0.05) is 41.4 Å². The topological polar surface area (TPSA) is 48.2 Å². The maximum atomic E-state index is 6.08. The number of hydrogen-bond donors (Lipinski definition) is 0. The number of rotatable bonds is 4. The van der Waals surface area contributed by atoms with Gasteiger partial charge < -0.3 is 9.15 Å². The summed E-state index contributed by atoms with van der Waals surface area (Å²) < 4.78 is 11.4. The predicted octanol–water partition coefficient (Wildman–Crippen LogP) is 5.18. The standard InChI is InChI=1S/C16H12Cl2N2O2/c1-10(21-14-9-12(17)7-8-13(14)18)15-19-20-16(22-15)11-5-3-2-4-6-11/h2-10H,1H3/t10-/m0/s1. The van der Waals surface area contributed by atoms with Crippen LogP contribution in [0.4, 0.5) is 0 Å². The van der Waals surface area contributed by atoms with Gasteiger partial charge in [0.1, 0.15) is 5.75 Å². The Morgan fingerprint density at radius 3 is 2.59 bits per heavy atom. The van der Waals surface area contributed by atoms with Crippen LogP contribution in [0.15, 0.2) is 52.9 Å². The van der Waals surface area contributed by atoms with E-state index in [1.807, 2.05) is 30.3 Å². The second kappa shape index (κ2) is 6.38. The first-order chi connectivity index (χ1) is 10.6. The molecule has 112 valence electrons. The second-order valence-corrected chi connectivity index (χ2v) is 5.49. The number of halogens is 2. The van der Waals surface area contributed by atoms with Crippen LogP contribution in [0.5, 0.6) is 5.75 Å². The summed E-state index contributed by atoms with van der Waals surface area (Å²) in [4.78, 5) is 0. The third kappa shape index (κ3) is 3.24. The highest BCUT2D eigenvalue weighted by Crippen LogP contribution is 2.31. The molecular formula is C16H12Cl2N2O2. The molecule has 0 N–H and O–H groups in total. The van der Waals surface area contributed by atoms with Gasteiger partial charge in [-0.15, -0.1) is 10.2 Å². The van der Waals surface area contributed by atoms with E-state index in [1.165, 1.54) is 0 Å². The summed E-state index contributed by atoms with van der Waals surface area (Å²) in [6.45, 7) is 1.81. The van der Waals surface area contributed by atoms with Crippen LogP contribution in [-0.2, 0) is 0 Å². The van der Waals surface area contributed by atoms with Crippen LogP contribution in [0.2, 0.25) is 10.0 Å². The first-order valence-corrected chi connectivity index (χ1v) is 7.39. The Morgan fingerprint density at radius 1 is 1.05 bits per heavy atom. The summed E-state index contributed by atoms with van der Waals surface area (Å²) in [5.41, 5.74) is 0.856. The fourth-order valence-corrected chi connectivity index (χ4v) is 2.23. The SMILES string of the molecule is C[C@H](Oc1cc(Cl)ccc1Cl)c1nnc(-c2ccccc2)o1. The third-order valence-corrected chi connectivity index (χ3v) is 3.55. The molecule has 3 aromatic rings. The van der Waals surface area contributed by atoms with Crippen molar-refractivity contribution >= 4 is 23.2 Å². The second-order valence-electron chi connectivity index (χ2n) is 4.65. The van der Waals surface area contributed by atoms with Gasteiger partial charge in [0.15, 0.2) is 6.10 Å². The van der Waals surface area contributed by atoms with E-state index < -0.39 is 6.10 Å². The molecule has 0 fully saturated rings. The van der Waals surface area contributed by atoms with Gasteiger partial charge >= 0.3 is 0 Å². The molecular weight excluding hydrogens is 323 g/mol. The number of hydrogen-bond acceptors (Lipinski definition) is 4. The Kier molecular flexibility index (Phi) is 4.32. The minimum Gasteiger partial charge on any atom is -0.479 e. The van der Waals surface area contributed by atoms with Gasteiger partial charge in [-0.3, -0.25) is 0 Å². The minimum absolute atomic E-state index is 0.370. The van der Waals surface area contributed by atoms with E-state index in [1.54, 1.807) is 25.1 Å². The molecule has 0 saturated carbocycles. The average Bonchev–Trinajstić information content (AvgIpc) is 3.02. The van der Waals surface area contributed by atoms with Gasteiger partial charge in [0.2, 0.25) is 5.89 Å². The molecule has 0 bridgehead atoms. The van der Waals surface area contributed by atoms with Crippen LogP contribution >= 0.6 is 23.2 Å². The molecule has 6 heteroatoms. The molecule has 0 aliphatic rings. The van der Waals surface area contributed by atoms with Crippen molar-refractivity contribution < 1.29 is 9.15 Å². The highest BCUT2D eigenvalue weighted by Gasteiger charge is 2.17. The van der Waals surface area contributed by atoms with Gasteiger partial charge in [-0.05, 0) is 31.2 Å². The molecule has 0 unspecified atom stereocenters. The van der Waals surface area contributed by atoms with Crippen molar-refractivity contribution in [2.24, 2.45) is 0 Å². The highest BCUT2D eigenvalue weighted by molar-refractivity contribution is 6.34. The average molecular weight is 335 g/mol. The number of aromatic nitrogens is 2. The van der Waals surface area contributed by atoms with E-state index in [9.17, 15) is 0 Å². The van der Waals surface area contributed by atoms with Crippen molar-refractivity contribution in [1.82, 2.24) is 10.2 Å². The Hall–Kier alpha value is -2.04. The van der Waals surface area contributed by atoms with Crippen LogP contribution in [0.25, 0.3) is 11.5 Å². The minimum atomic E-state index is -0.444. The number of nitrogens with zero attached hydrogens (tertiary/aromatic N) is 2. The van der Waals surface area contributed by atoms with Crippen LogP contribution in [-0.4, -0.2) is 10.2 Å². The van der Waals surface area contributed by atoms with E-state index >= 15 is 0 Å². The highest BCUT2D eigenvalue weighted by atomic mass is 35.5. The lowest BCUT2D eigenvalue weighted by Crippen LogP contribution is -2.03. The quantitative estimate of drug-likeness (QED) is 0.659. The lowest BCUT2D eigenvalue weighted by molar-refractivity contribution is 0.190. The molecule has 0 aliphatic carbocycles. The normalized spacial score (nSPS) is 12.1.